The SMILES string of the molecule is C[C@@H](NC(=O)[C@@H](N)c1ccccc1)c1ccc(F)cc1. The van der Waals surface area contributed by atoms with Gasteiger partial charge in [-0.2, -0.15) is 0 Å². The minimum Gasteiger partial charge on any atom is -0.348 e. The molecule has 0 fully saturated rings. The molecule has 0 radical (unpaired) electrons. The number of carbonyl (C=O) groups is 1. The highest BCUT2D eigenvalue weighted by molar-refractivity contribution is 5.83. The van der Waals surface area contributed by atoms with E-state index < -0.39 is 6.04 Å². The number of hydrogen-bond donors (Lipinski definition) is 2. The van der Waals surface area contributed by atoms with Crippen molar-refractivity contribution in [2.45, 2.75) is 19.0 Å². The van der Waals surface area contributed by atoms with Gasteiger partial charge in [0.05, 0.1) is 6.04 Å². The van der Waals surface area contributed by atoms with E-state index in [0.717, 1.165) is 11.1 Å². The van der Waals surface area contributed by atoms with Crippen LogP contribution in [0.15, 0.2) is 54.6 Å². The number of rotatable bonds is 4. The van der Waals surface area contributed by atoms with E-state index in [4.69, 9.17) is 5.73 Å². The van der Waals surface area contributed by atoms with Crippen LogP contribution < -0.4 is 11.1 Å². The fraction of sp³-hybridized carbons (Fsp3) is 0.188. The third-order valence-corrected chi connectivity index (χ3v) is 3.17. The van der Waals surface area contributed by atoms with Crippen molar-refractivity contribution in [3.05, 3.63) is 71.5 Å². The van der Waals surface area contributed by atoms with Crippen LogP contribution in [-0.4, -0.2) is 5.91 Å². The second-order valence-electron chi connectivity index (χ2n) is 4.67. The van der Waals surface area contributed by atoms with E-state index >= 15 is 0 Å². The Morgan fingerprint density at radius 3 is 2.25 bits per heavy atom. The summed E-state index contributed by atoms with van der Waals surface area (Å²) in [4.78, 5) is 12.1. The van der Waals surface area contributed by atoms with Gasteiger partial charge in [-0.05, 0) is 30.2 Å². The average Bonchev–Trinajstić information content (AvgIpc) is 2.48. The molecular weight excluding hydrogens is 255 g/mol. The number of carbonyl (C=O) groups excluding carboxylic acids is 1. The van der Waals surface area contributed by atoms with Gasteiger partial charge in [-0.1, -0.05) is 42.5 Å². The van der Waals surface area contributed by atoms with Gasteiger partial charge in [0.15, 0.2) is 0 Å². The highest BCUT2D eigenvalue weighted by Gasteiger charge is 2.18. The van der Waals surface area contributed by atoms with Gasteiger partial charge >= 0.3 is 0 Å². The van der Waals surface area contributed by atoms with Gasteiger partial charge in [-0.15, -0.1) is 0 Å². The van der Waals surface area contributed by atoms with E-state index in [1.165, 1.54) is 12.1 Å². The predicted octanol–water partition coefficient (Wildman–Crippen LogP) is 2.70. The summed E-state index contributed by atoms with van der Waals surface area (Å²) in [5.74, 6) is -0.554. The molecule has 0 aliphatic heterocycles. The second kappa shape index (κ2) is 6.30. The summed E-state index contributed by atoms with van der Waals surface area (Å²) in [5, 5.41) is 2.83. The summed E-state index contributed by atoms with van der Waals surface area (Å²) in [5.41, 5.74) is 7.51. The molecule has 2 aromatic carbocycles. The van der Waals surface area contributed by atoms with Crippen molar-refractivity contribution < 1.29 is 9.18 Å². The third kappa shape index (κ3) is 3.42. The van der Waals surface area contributed by atoms with Crippen LogP contribution in [0, 0.1) is 5.82 Å². The highest BCUT2D eigenvalue weighted by atomic mass is 19.1. The van der Waals surface area contributed by atoms with E-state index in [0.29, 0.717) is 0 Å². The molecule has 0 heterocycles. The van der Waals surface area contributed by atoms with Crippen molar-refractivity contribution >= 4 is 5.91 Å². The lowest BCUT2D eigenvalue weighted by molar-refractivity contribution is -0.123. The maximum Gasteiger partial charge on any atom is 0.241 e. The molecule has 0 aliphatic rings. The zero-order valence-corrected chi connectivity index (χ0v) is 11.2. The average molecular weight is 272 g/mol. The summed E-state index contributed by atoms with van der Waals surface area (Å²) in [6, 6.07) is 14.3. The second-order valence-corrected chi connectivity index (χ2v) is 4.67. The zero-order valence-electron chi connectivity index (χ0n) is 11.2. The summed E-state index contributed by atoms with van der Waals surface area (Å²) in [7, 11) is 0. The van der Waals surface area contributed by atoms with Crippen LogP contribution in [0.5, 0.6) is 0 Å². The molecular formula is C16H17FN2O. The molecule has 1 amide bonds. The molecule has 3 N–H and O–H groups in total. The quantitative estimate of drug-likeness (QED) is 0.899. The number of nitrogens with one attached hydrogen (secondary N) is 1. The first-order chi connectivity index (χ1) is 9.58. The maximum absolute atomic E-state index is 12.9. The van der Waals surface area contributed by atoms with Crippen LogP contribution in [0.4, 0.5) is 4.39 Å². The Labute approximate surface area is 117 Å². The monoisotopic (exact) mass is 272 g/mol. The molecule has 104 valence electrons. The van der Waals surface area contributed by atoms with Gasteiger partial charge in [0.1, 0.15) is 11.9 Å². The Kier molecular flexibility index (Phi) is 4.48. The van der Waals surface area contributed by atoms with Crippen LogP contribution in [0.2, 0.25) is 0 Å². The summed E-state index contributed by atoms with van der Waals surface area (Å²) in [6.07, 6.45) is 0. The van der Waals surface area contributed by atoms with Crippen molar-refractivity contribution in [3.63, 3.8) is 0 Å². The van der Waals surface area contributed by atoms with Crippen molar-refractivity contribution in [1.82, 2.24) is 5.32 Å². The topological polar surface area (TPSA) is 55.1 Å². The molecule has 0 saturated carbocycles. The van der Waals surface area contributed by atoms with Crippen molar-refractivity contribution in [2.75, 3.05) is 0 Å². The first-order valence-electron chi connectivity index (χ1n) is 6.44. The lowest BCUT2D eigenvalue weighted by atomic mass is 10.1. The van der Waals surface area contributed by atoms with E-state index in [1.54, 1.807) is 12.1 Å². The van der Waals surface area contributed by atoms with Crippen molar-refractivity contribution in [2.24, 2.45) is 5.73 Å². The molecule has 2 aromatic rings. The van der Waals surface area contributed by atoms with Gasteiger partial charge in [-0.3, -0.25) is 4.79 Å². The molecule has 0 saturated heterocycles. The standard InChI is InChI=1S/C16H17FN2O/c1-11(12-7-9-14(17)10-8-12)19-16(20)15(18)13-5-3-2-4-6-13/h2-11,15H,18H2,1H3,(H,19,20)/t11-,15+/m1/s1. The van der Waals surface area contributed by atoms with E-state index in [-0.39, 0.29) is 17.8 Å². The number of nitrogens with two attached hydrogens (primary N) is 1. The highest BCUT2D eigenvalue weighted by Crippen LogP contribution is 2.15. The van der Waals surface area contributed by atoms with Gasteiger partial charge in [0.25, 0.3) is 0 Å². The summed E-state index contributed by atoms with van der Waals surface area (Å²) < 4.78 is 12.9. The molecule has 2 rings (SSSR count). The van der Waals surface area contributed by atoms with Crippen LogP contribution in [-0.2, 0) is 4.79 Å². The first kappa shape index (κ1) is 14.2. The van der Waals surface area contributed by atoms with Crippen LogP contribution in [0.25, 0.3) is 0 Å². The largest absolute Gasteiger partial charge is 0.348 e. The fourth-order valence-corrected chi connectivity index (χ4v) is 1.95. The molecule has 2 atom stereocenters. The Bertz CT molecular complexity index is 569. The lowest BCUT2D eigenvalue weighted by Crippen LogP contribution is -2.35. The molecule has 0 aromatic heterocycles. The Hall–Kier alpha value is -2.20. The molecule has 0 spiro atoms. The molecule has 0 unspecified atom stereocenters. The normalized spacial score (nSPS) is 13.6. The third-order valence-electron chi connectivity index (χ3n) is 3.17. The summed E-state index contributed by atoms with van der Waals surface area (Å²) >= 11 is 0. The molecule has 4 heteroatoms. The fourth-order valence-electron chi connectivity index (χ4n) is 1.95. The Morgan fingerprint density at radius 1 is 1.05 bits per heavy atom. The van der Waals surface area contributed by atoms with E-state index in [2.05, 4.69) is 5.32 Å². The van der Waals surface area contributed by atoms with E-state index in [1.807, 2.05) is 37.3 Å². The lowest BCUT2D eigenvalue weighted by Gasteiger charge is -2.18. The number of halogens is 1. The first-order valence-corrected chi connectivity index (χ1v) is 6.44. The number of benzene rings is 2. The number of hydrogen-bond acceptors (Lipinski definition) is 2. The van der Waals surface area contributed by atoms with Crippen molar-refractivity contribution in [1.29, 1.82) is 0 Å². The molecule has 0 aliphatic carbocycles. The molecule has 3 nitrogen and oxygen atoms in total. The molecule has 0 bridgehead atoms. The minimum absolute atomic E-state index is 0.224. The van der Waals surface area contributed by atoms with Crippen LogP contribution >= 0.6 is 0 Å². The van der Waals surface area contributed by atoms with Gasteiger partial charge in [-0.25, -0.2) is 4.39 Å². The number of amides is 1. The predicted molar refractivity (Wildman–Crippen MR) is 76.3 cm³/mol. The van der Waals surface area contributed by atoms with E-state index in [9.17, 15) is 9.18 Å². The van der Waals surface area contributed by atoms with Gasteiger partial charge in [0.2, 0.25) is 5.91 Å². The van der Waals surface area contributed by atoms with Crippen LogP contribution in [0.1, 0.15) is 30.1 Å². The Morgan fingerprint density at radius 2 is 1.65 bits per heavy atom. The zero-order chi connectivity index (χ0) is 14.5. The van der Waals surface area contributed by atoms with Crippen molar-refractivity contribution in [3.8, 4) is 0 Å². The summed E-state index contributed by atoms with van der Waals surface area (Å²) in [6.45, 7) is 1.84. The minimum atomic E-state index is -0.709. The smallest absolute Gasteiger partial charge is 0.241 e. The molecule has 20 heavy (non-hydrogen) atoms. The van der Waals surface area contributed by atoms with Gasteiger partial charge < -0.3 is 11.1 Å². The van der Waals surface area contributed by atoms with Crippen LogP contribution in [0.3, 0.4) is 0 Å². The maximum atomic E-state index is 12.9. The van der Waals surface area contributed by atoms with Gasteiger partial charge in [0, 0.05) is 0 Å². The Balaban J connectivity index is 2.02.